The van der Waals surface area contributed by atoms with Crippen molar-refractivity contribution in [3.05, 3.63) is 91.4 Å². The fourth-order valence-electron chi connectivity index (χ4n) is 4.17. The molecule has 4 aromatic rings. The molecule has 7 nitrogen and oxygen atoms in total. The normalized spacial score (nSPS) is 11.8. The van der Waals surface area contributed by atoms with E-state index in [0.29, 0.717) is 50.5 Å². The molecule has 186 valence electrons. The summed E-state index contributed by atoms with van der Waals surface area (Å²) in [6.45, 7) is 4.19. The summed E-state index contributed by atoms with van der Waals surface area (Å²) < 4.78 is 13.9. The Hall–Kier alpha value is -3.17. The van der Waals surface area contributed by atoms with E-state index < -0.39 is 6.04 Å². The molecule has 0 N–H and O–H groups in total. The highest BCUT2D eigenvalue weighted by Crippen LogP contribution is 2.37. The van der Waals surface area contributed by atoms with E-state index in [1.165, 1.54) is 4.57 Å². The Morgan fingerprint density at radius 1 is 1.06 bits per heavy atom. The topological polar surface area (TPSA) is 73.7 Å². The van der Waals surface area contributed by atoms with Gasteiger partial charge in [0.05, 0.1) is 41.3 Å². The predicted molar refractivity (Wildman–Crippen MR) is 147 cm³/mol. The van der Waals surface area contributed by atoms with Crippen molar-refractivity contribution < 1.29 is 14.3 Å². The first-order valence-corrected chi connectivity index (χ1v) is 12.9. The van der Waals surface area contributed by atoms with Gasteiger partial charge in [-0.3, -0.25) is 14.2 Å². The smallest absolute Gasteiger partial charge is 0.266 e. The molecule has 0 fully saturated rings. The molecule has 0 aliphatic heterocycles. The maximum absolute atomic E-state index is 13.9. The standard InChI is InChI=1S/C27H25Br2N3O4/c1-5-31(26(33)17-9-8-10-18(28)13-17)16(2)25-30-21-12-7-6-11-20(21)27(34)32(25)22-14-19(35-3)15-23(36-4)24(22)29/h6-16H,5H2,1-4H3. The van der Waals surface area contributed by atoms with Crippen molar-refractivity contribution in [3.63, 3.8) is 0 Å². The summed E-state index contributed by atoms with van der Waals surface area (Å²) in [4.78, 5) is 34.0. The molecule has 1 aromatic heterocycles. The second-order valence-corrected chi connectivity index (χ2v) is 9.78. The van der Waals surface area contributed by atoms with Crippen molar-refractivity contribution >= 4 is 48.7 Å². The first-order chi connectivity index (χ1) is 17.3. The Bertz CT molecular complexity index is 1500. The summed E-state index contributed by atoms with van der Waals surface area (Å²) in [6.07, 6.45) is 0. The van der Waals surface area contributed by atoms with Gasteiger partial charge in [-0.15, -0.1) is 0 Å². The van der Waals surface area contributed by atoms with Crippen LogP contribution in [0, 0.1) is 0 Å². The number of hydrogen-bond acceptors (Lipinski definition) is 5. The van der Waals surface area contributed by atoms with E-state index in [4.69, 9.17) is 14.5 Å². The molecule has 0 bridgehead atoms. The first kappa shape index (κ1) is 25.9. The highest BCUT2D eigenvalue weighted by Gasteiger charge is 2.28. The molecule has 4 rings (SSSR count). The number of rotatable bonds is 7. The van der Waals surface area contributed by atoms with E-state index >= 15 is 0 Å². The Morgan fingerprint density at radius 3 is 2.47 bits per heavy atom. The highest BCUT2D eigenvalue weighted by molar-refractivity contribution is 9.11. The van der Waals surface area contributed by atoms with Crippen molar-refractivity contribution in [2.45, 2.75) is 19.9 Å². The van der Waals surface area contributed by atoms with E-state index in [-0.39, 0.29) is 11.5 Å². The third-order valence-electron chi connectivity index (χ3n) is 6.01. The van der Waals surface area contributed by atoms with Gasteiger partial charge in [-0.25, -0.2) is 4.98 Å². The molecule has 0 spiro atoms. The van der Waals surface area contributed by atoms with E-state index in [9.17, 15) is 9.59 Å². The molecular weight excluding hydrogens is 590 g/mol. The van der Waals surface area contributed by atoms with Crippen LogP contribution in [0.4, 0.5) is 0 Å². The van der Waals surface area contributed by atoms with Crippen LogP contribution in [0.15, 0.2) is 74.4 Å². The lowest BCUT2D eigenvalue weighted by Crippen LogP contribution is -2.37. The number of aromatic nitrogens is 2. The van der Waals surface area contributed by atoms with Gasteiger partial charge in [0.2, 0.25) is 0 Å². The Morgan fingerprint density at radius 2 is 1.81 bits per heavy atom. The van der Waals surface area contributed by atoms with Crippen molar-refractivity contribution in [1.29, 1.82) is 0 Å². The number of carbonyl (C=O) groups excluding carboxylic acids is 1. The number of nitrogens with zero attached hydrogens (tertiary/aromatic N) is 3. The minimum atomic E-state index is -0.539. The summed E-state index contributed by atoms with van der Waals surface area (Å²) in [5.41, 5.74) is 1.33. The predicted octanol–water partition coefficient (Wildman–Crippen LogP) is 6.15. The summed E-state index contributed by atoms with van der Waals surface area (Å²) in [6, 6.07) is 17.3. The Balaban J connectivity index is 1.98. The van der Waals surface area contributed by atoms with Crippen LogP contribution in [0.5, 0.6) is 11.5 Å². The quantitative estimate of drug-likeness (QED) is 0.250. The average Bonchev–Trinajstić information content (AvgIpc) is 2.89. The third kappa shape index (κ3) is 4.77. The molecule has 1 unspecified atom stereocenters. The second-order valence-electron chi connectivity index (χ2n) is 8.07. The number of carbonyl (C=O) groups is 1. The lowest BCUT2D eigenvalue weighted by molar-refractivity contribution is 0.0693. The summed E-state index contributed by atoms with van der Waals surface area (Å²) in [5.74, 6) is 1.27. The zero-order valence-corrected chi connectivity index (χ0v) is 23.5. The molecule has 0 radical (unpaired) electrons. The van der Waals surface area contributed by atoms with Gasteiger partial charge in [-0.1, -0.05) is 34.1 Å². The highest BCUT2D eigenvalue weighted by atomic mass is 79.9. The van der Waals surface area contributed by atoms with Crippen LogP contribution in [0.25, 0.3) is 16.6 Å². The Kier molecular flexibility index (Phi) is 7.80. The number of halogens is 2. The van der Waals surface area contributed by atoms with Gasteiger partial charge in [0, 0.05) is 28.7 Å². The minimum absolute atomic E-state index is 0.164. The van der Waals surface area contributed by atoms with E-state index in [1.807, 2.05) is 32.0 Å². The lowest BCUT2D eigenvalue weighted by atomic mass is 10.1. The molecule has 1 heterocycles. The van der Waals surface area contributed by atoms with E-state index in [0.717, 1.165) is 4.47 Å². The maximum atomic E-state index is 13.9. The monoisotopic (exact) mass is 613 g/mol. The van der Waals surface area contributed by atoms with Crippen LogP contribution in [0.1, 0.15) is 36.1 Å². The molecule has 0 aliphatic carbocycles. The Labute approximate surface area is 225 Å². The molecule has 36 heavy (non-hydrogen) atoms. The van der Waals surface area contributed by atoms with Gasteiger partial charge in [0.1, 0.15) is 17.3 Å². The maximum Gasteiger partial charge on any atom is 0.266 e. The molecule has 0 aliphatic rings. The number of amides is 1. The lowest BCUT2D eigenvalue weighted by Gasteiger charge is -2.30. The summed E-state index contributed by atoms with van der Waals surface area (Å²) in [5, 5.41) is 0.462. The van der Waals surface area contributed by atoms with Crippen LogP contribution < -0.4 is 15.0 Å². The van der Waals surface area contributed by atoms with Crippen LogP contribution in [0.3, 0.4) is 0 Å². The van der Waals surface area contributed by atoms with Gasteiger partial charge < -0.3 is 14.4 Å². The molecule has 0 saturated heterocycles. The minimum Gasteiger partial charge on any atom is -0.497 e. The van der Waals surface area contributed by atoms with Crippen LogP contribution in [0.2, 0.25) is 0 Å². The zero-order valence-electron chi connectivity index (χ0n) is 20.3. The van der Waals surface area contributed by atoms with Crippen LogP contribution in [-0.2, 0) is 0 Å². The fourth-order valence-corrected chi connectivity index (χ4v) is 5.14. The molecule has 3 aromatic carbocycles. The molecule has 1 atom stereocenters. The third-order valence-corrected chi connectivity index (χ3v) is 7.30. The molecule has 9 heteroatoms. The number of fused-ring (bicyclic) bond motifs is 1. The zero-order chi connectivity index (χ0) is 26.0. The number of methoxy groups -OCH3 is 2. The molecular formula is C27H25Br2N3O4. The number of para-hydroxylation sites is 1. The number of hydrogen-bond donors (Lipinski definition) is 0. The van der Waals surface area contributed by atoms with E-state index in [2.05, 4.69) is 31.9 Å². The summed E-state index contributed by atoms with van der Waals surface area (Å²) in [7, 11) is 3.09. The second kappa shape index (κ2) is 10.8. The SMILES string of the molecule is CCN(C(=O)c1cccc(Br)c1)C(C)c1nc2ccccc2c(=O)n1-c1cc(OC)cc(OC)c1Br. The molecule has 0 saturated carbocycles. The van der Waals surface area contributed by atoms with Crippen LogP contribution >= 0.6 is 31.9 Å². The van der Waals surface area contributed by atoms with Gasteiger partial charge in [-0.2, -0.15) is 0 Å². The van der Waals surface area contributed by atoms with Crippen molar-refractivity contribution in [2.75, 3.05) is 20.8 Å². The molecule has 1 amide bonds. The van der Waals surface area contributed by atoms with Crippen molar-refractivity contribution in [2.24, 2.45) is 0 Å². The van der Waals surface area contributed by atoms with Crippen LogP contribution in [-0.4, -0.2) is 41.1 Å². The van der Waals surface area contributed by atoms with Crippen molar-refractivity contribution in [1.82, 2.24) is 14.5 Å². The summed E-state index contributed by atoms with van der Waals surface area (Å²) >= 11 is 7.04. The first-order valence-electron chi connectivity index (χ1n) is 11.3. The average molecular weight is 615 g/mol. The van der Waals surface area contributed by atoms with Gasteiger partial charge in [0.25, 0.3) is 11.5 Å². The van der Waals surface area contributed by atoms with Gasteiger partial charge >= 0.3 is 0 Å². The number of ether oxygens (including phenoxy) is 2. The number of benzene rings is 3. The fraction of sp³-hybridized carbons (Fsp3) is 0.222. The van der Waals surface area contributed by atoms with Gasteiger partial charge in [-0.05, 0) is 60.1 Å². The van der Waals surface area contributed by atoms with Gasteiger partial charge in [0.15, 0.2) is 0 Å². The van der Waals surface area contributed by atoms with E-state index in [1.54, 1.807) is 61.6 Å². The largest absolute Gasteiger partial charge is 0.497 e. The van der Waals surface area contributed by atoms with Crippen molar-refractivity contribution in [3.8, 4) is 17.2 Å².